The van der Waals surface area contributed by atoms with Crippen LogP contribution in [0.4, 0.5) is 5.69 Å². The highest BCUT2D eigenvalue weighted by Crippen LogP contribution is 2.57. The van der Waals surface area contributed by atoms with Gasteiger partial charge >= 0.3 is 0 Å². The zero-order valence-corrected chi connectivity index (χ0v) is 9.86. The summed E-state index contributed by atoms with van der Waals surface area (Å²) >= 11 is 5.75. The Morgan fingerprint density at radius 2 is 2.06 bits per heavy atom. The molecular formula is C11H13ClN2O2. The molecule has 86 valence electrons. The fourth-order valence-electron chi connectivity index (χ4n) is 2.18. The minimum absolute atomic E-state index is 0.0156. The summed E-state index contributed by atoms with van der Waals surface area (Å²) in [6.45, 7) is 4.12. The van der Waals surface area contributed by atoms with Crippen molar-refractivity contribution in [1.82, 2.24) is 0 Å². The first-order valence-corrected chi connectivity index (χ1v) is 5.43. The van der Waals surface area contributed by atoms with Crippen molar-refractivity contribution >= 4 is 17.3 Å². The monoisotopic (exact) mass is 240 g/mol. The van der Waals surface area contributed by atoms with Crippen molar-refractivity contribution in [3.05, 3.63) is 38.9 Å². The van der Waals surface area contributed by atoms with Crippen LogP contribution in [0.1, 0.15) is 25.3 Å². The number of nitrogens with two attached hydrogens (primary N) is 1. The number of benzene rings is 1. The molecule has 1 aromatic rings. The fourth-order valence-corrected chi connectivity index (χ4v) is 2.36. The molecule has 16 heavy (non-hydrogen) atoms. The molecule has 5 heteroatoms. The van der Waals surface area contributed by atoms with Crippen LogP contribution in [0.3, 0.4) is 0 Å². The van der Waals surface area contributed by atoms with Gasteiger partial charge in [0, 0.05) is 18.0 Å². The van der Waals surface area contributed by atoms with E-state index in [1.54, 1.807) is 6.07 Å². The van der Waals surface area contributed by atoms with Gasteiger partial charge in [0.15, 0.2) is 0 Å². The Hall–Kier alpha value is -1.13. The summed E-state index contributed by atoms with van der Waals surface area (Å²) in [5, 5.41) is 10.9. The first kappa shape index (κ1) is 11.4. The maximum Gasteiger partial charge on any atom is 0.288 e. The van der Waals surface area contributed by atoms with Crippen LogP contribution in [0.5, 0.6) is 0 Å². The van der Waals surface area contributed by atoms with Crippen LogP contribution in [0, 0.1) is 15.5 Å². The molecule has 2 rings (SSSR count). The van der Waals surface area contributed by atoms with Crippen LogP contribution in [0.15, 0.2) is 18.2 Å². The van der Waals surface area contributed by atoms with Gasteiger partial charge in [0.1, 0.15) is 5.02 Å². The van der Waals surface area contributed by atoms with E-state index in [0.29, 0.717) is 0 Å². The average molecular weight is 241 g/mol. The Morgan fingerprint density at radius 1 is 1.50 bits per heavy atom. The largest absolute Gasteiger partial charge is 0.327 e. The van der Waals surface area contributed by atoms with Crippen molar-refractivity contribution in [3.63, 3.8) is 0 Å². The van der Waals surface area contributed by atoms with Gasteiger partial charge in [0.05, 0.1) is 4.92 Å². The SMILES string of the molecule is CC1(C)[C@H](N)[C@H]1c1ccc(Cl)c([N+](=O)[O-])c1. The Bertz CT molecular complexity index is 459. The summed E-state index contributed by atoms with van der Waals surface area (Å²) in [5.74, 6) is 0.184. The number of hydrogen-bond acceptors (Lipinski definition) is 3. The lowest BCUT2D eigenvalue weighted by Crippen LogP contribution is -2.06. The number of rotatable bonds is 2. The lowest BCUT2D eigenvalue weighted by atomic mass is 10.0. The van der Waals surface area contributed by atoms with E-state index < -0.39 is 4.92 Å². The highest BCUT2D eigenvalue weighted by molar-refractivity contribution is 6.32. The molecule has 1 fully saturated rings. The number of nitro benzene ring substituents is 1. The average Bonchev–Trinajstić information content (AvgIpc) is 2.67. The van der Waals surface area contributed by atoms with Crippen molar-refractivity contribution in [2.24, 2.45) is 11.1 Å². The minimum Gasteiger partial charge on any atom is -0.327 e. The van der Waals surface area contributed by atoms with Crippen molar-refractivity contribution in [3.8, 4) is 0 Å². The third-order valence-electron chi connectivity index (χ3n) is 3.44. The molecule has 0 saturated heterocycles. The molecule has 2 atom stereocenters. The molecule has 4 nitrogen and oxygen atoms in total. The molecule has 2 N–H and O–H groups in total. The van der Waals surface area contributed by atoms with Crippen molar-refractivity contribution < 1.29 is 4.92 Å². The summed E-state index contributed by atoms with van der Waals surface area (Å²) in [7, 11) is 0. The van der Waals surface area contributed by atoms with Gasteiger partial charge in [0.25, 0.3) is 5.69 Å². The first-order chi connectivity index (χ1) is 7.35. The predicted octanol–water partition coefficient (Wildman–Crippen LogP) is 2.70. The van der Waals surface area contributed by atoms with Gasteiger partial charge in [-0.05, 0) is 17.0 Å². The third kappa shape index (κ3) is 1.58. The second-order valence-electron chi connectivity index (χ2n) is 4.79. The van der Waals surface area contributed by atoms with Crippen LogP contribution in [-0.2, 0) is 0 Å². The molecule has 0 unspecified atom stereocenters. The molecule has 1 aliphatic rings. The molecule has 1 aromatic carbocycles. The molecule has 0 bridgehead atoms. The van der Waals surface area contributed by atoms with E-state index >= 15 is 0 Å². The van der Waals surface area contributed by atoms with Gasteiger partial charge in [-0.1, -0.05) is 31.5 Å². The van der Waals surface area contributed by atoms with Gasteiger partial charge in [-0.15, -0.1) is 0 Å². The van der Waals surface area contributed by atoms with Crippen LogP contribution < -0.4 is 5.73 Å². The molecule has 0 radical (unpaired) electrons. The molecule has 0 heterocycles. The van der Waals surface area contributed by atoms with Gasteiger partial charge in [0.2, 0.25) is 0 Å². The summed E-state index contributed by atoms with van der Waals surface area (Å²) in [6, 6.07) is 4.97. The fraction of sp³-hybridized carbons (Fsp3) is 0.455. The Labute approximate surface area is 98.5 Å². The summed E-state index contributed by atoms with van der Waals surface area (Å²) in [5.41, 5.74) is 6.80. The van der Waals surface area contributed by atoms with Crippen LogP contribution in [-0.4, -0.2) is 11.0 Å². The lowest BCUT2D eigenvalue weighted by Gasteiger charge is -2.03. The van der Waals surface area contributed by atoms with Crippen LogP contribution in [0.2, 0.25) is 5.02 Å². The highest BCUT2D eigenvalue weighted by Gasteiger charge is 2.56. The number of nitrogens with zero attached hydrogens (tertiary/aromatic N) is 1. The van der Waals surface area contributed by atoms with Crippen LogP contribution in [0.25, 0.3) is 0 Å². The van der Waals surface area contributed by atoms with E-state index in [4.69, 9.17) is 17.3 Å². The van der Waals surface area contributed by atoms with Gasteiger partial charge in [-0.3, -0.25) is 10.1 Å². The molecule has 0 amide bonds. The van der Waals surface area contributed by atoms with Gasteiger partial charge < -0.3 is 5.73 Å². The molecule has 1 saturated carbocycles. The highest BCUT2D eigenvalue weighted by atomic mass is 35.5. The summed E-state index contributed by atoms with van der Waals surface area (Å²) in [4.78, 5) is 10.3. The first-order valence-electron chi connectivity index (χ1n) is 5.05. The number of hydrogen-bond donors (Lipinski definition) is 1. The Morgan fingerprint density at radius 3 is 2.50 bits per heavy atom. The Balaban J connectivity index is 2.39. The number of nitro groups is 1. The molecular weight excluding hydrogens is 228 g/mol. The number of halogens is 1. The lowest BCUT2D eigenvalue weighted by molar-refractivity contribution is -0.384. The standard InChI is InChI=1S/C11H13ClN2O2/c1-11(2)9(10(11)13)6-3-4-7(12)8(5-6)14(15)16/h3-5,9-10H,13H2,1-2H3/t9-,10-/m1/s1. The zero-order valence-electron chi connectivity index (χ0n) is 9.11. The maximum atomic E-state index is 10.7. The van der Waals surface area contributed by atoms with E-state index in [2.05, 4.69) is 13.8 Å². The van der Waals surface area contributed by atoms with Crippen molar-refractivity contribution in [2.45, 2.75) is 25.8 Å². The topological polar surface area (TPSA) is 69.2 Å². The predicted molar refractivity (Wildman–Crippen MR) is 62.6 cm³/mol. The minimum atomic E-state index is -0.466. The van der Waals surface area contributed by atoms with E-state index in [-0.39, 0.29) is 28.1 Å². The van der Waals surface area contributed by atoms with Gasteiger partial charge in [-0.2, -0.15) is 0 Å². The molecule has 0 spiro atoms. The van der Waals surface area contributed by atoms with E-state index in [9.17, 15) is 10.1 Å². The van der Waals surface area contributed by atoms with Gasteiger partial charge in [-0.25, -0.2) is 0 Å². The third-order valence-corrected chi connectivity index (χ3v) is 3.76. The zero-order chi connectivity index (χ0) is 12.1. The van der Waals surface area contributed by atoms with Crippen molar-refractivity contribution in [2.75, 3.05) is 0 Å². The molecule has 1 aliphatic carbocycles. The van der Waals surface area contributed by atoms with E-state index in [1.165, 1.54) is 6.07 Å². The summed E-state index contributed by atoms with van der Waals surface area (Å²) < 4.78 is 0. The van der Waals surface area contributed by atoms with E-state index in [1.807, 2.05) is 6.07 Å². The van der Waals surface area contributed by atoms with E-state index in [0.717, 1.165) is 5.56 Å². The summed E-state index contributed by atoms with van der Waals surface area (Å²) in [6.07, 6.45) is 0. The smallest absolute Gasteiger partial charge is 0.288 e. The van der Waals surface area contributed by atoms with Crippen molar-refractivity contribution in [1.29, 1.82) is 0 Å². The second kappa shape index (κ2) is 3.43. The maximum absolute atomic E-state index is 10.7. The quantitative estimate of drug-likeness (QED) is 0.638. The molecule has 0 aliphatic heterocycles. The second-order valence-corrected chi connectivity index (χ2v) is 5.20. The Kier molecular flexibility index (Phi) is 2.44. The normalized spacial score (nSPS) is 26.5. The van der Waals surface area contributed by atoms with Crippen LogP contribution >= 0.6 is 11.6 Å². The molecule has 0 aromatic heterocycles.